The van der Waals surface area contributed by atoms with Crippen molar-refractivity contribution < 1.29 is 8.83 Å². The van der Waals surface area contributed by atoms with Gasteiger partial charge in [0.1, 0.15) is 16.7 Å². The van der Waals surface area contributed by atoms with Crippen LogP contribution in [-0.4, -0.2) is 9.55 Å². The second kappa shape index (κ2) is 7.59. The number of rotatable bonds is 2. The SMILES string of the molecule is c1ccc2c(-c3nc4ccccc4o3)c3c(cc2c1)oc1cc(-n2c4ccccc4c4ccccc42)ccc13. The Morgan fingerprint density at radius 1 is 0.513 bits per heavy atom. The minimum Gasteiger partial charge on any atom is -0.456 e. The van der Waals surface area contributed by atoms with E-state index < -0.39 is 0 Å². The predicted molar refractivity (Wildman–Crippen MR) is 159 cm³/mol. The Labute approximate surface area is 222 Å². The van der Waals surface area contributed by atoms with E-state index in [2.05, 4.69) is 95.6 Å². The van der Waals surface area contributed by atoms with Crippen molar-refractivity contribution in [2.75, 3.05) is 0 Å². The summed E-state index contributed by atoms with van der Waals surface area (Å²) in [4.78, 5) is 4.88. The minimum atomic E-state index is 0.604. The van der Waals surface area contributed by atoms with Crippen molar-refractivity contribution in [2.24, 2.45) is 0 Å². The summed E-state index contributed by atoms with van der Waals surface area (Å²) in [7, 11) is 0. The molecule has 0 fully saturated rings. The lowest BCUT2D eigenvalue weighted by molar-refractivity contribution is 0.621. The fraction of sp³-hybridized carbons (Fsp3) is 0. The maximum atomic E-state index is 6.58. The number of fused-ring (bicyclic) bond motifs is 8. The van der Waals surface area contributed by atoms with Crippen molar-refractivity contribution in [3.8, 4) is 17.1 Å². The third kappa shape index (κ3) is 2.85. The molecule has 0 aliphatic rings. The van der Waals surface area contributed by atoms with Crippen LogP contribution in [0.2, 0.25) is 0 Å². The molecule has 0 amide bonds. The van der Waals surface area contributed by atoms with Gasteiger partial charge in [0.25, 0.3) is 0 Å². The predicted octanol–water partition coefficient (Wildman–Crippen LogP) is 9.64. The molecule has 6 aromatic carbocycles. The fourth-order valence-electron chi connectivity index (χ4n) is 6.13. The highest BCUT2D eigenvalue weighted by Gasteiger charge is 2.21. The second-order valence-corrected chi connectivity index (χ2v) is 9.98. The number of oxazole rings is 1. The number of aromatic nitrogens is 2. The third-order valence-corrected chi connectivity index (χ3v) is 7.81. The molecule has 4 nitrogen and oxygen atoms in total. The number of nitrogens with zero attached hydrogens (tertiary/aromatic N) is 2. The summed E-state index contributed by atoms with van der Waals surface area (Å²) in [6, 6.07) is 42.0. The van der Waals surface area contributed by atoms with Crippen LogP contribution in [0.5, 0.6) is 0 Å². The molecular formula is C35H20N2O2. The van der Waals surface area contributed by atoms with E-state index in [0.717, 1.165) is 55.1 Å². The molecular weight excluding hydrogens is 480 g/mol. The van der Waals surface area contributed by atoms with Crippen LogP contribution in [0.4, 0.5) is 0 Å². The Morgan fingerprint density at radius 2 is 1.21 bits per heavy atom. The van der Waals surface area contributed by atoms with Crippen molar-refractivity contribution in [3.05, 3.63) is 121 Å². The number of hydrogen-bond donors (Lipinski definition) is 0. The molecule has 3 aromatic heterocycles. The molecule has 0 saturated heterocycles. The first-order valence-electron chi connectivity index (χ1n) is 13.1. The van der Waals surface area contributed by atoms with Gasteiger partial charge in [0, 0.05) is 33.3 Å². The fourth-order valence-corrected chi connectivity index (χ4v) is 6.13. The standard InChI is InChI=1S/C35H20N2O2/c1-2-10-23-21(9-1)19-32-33(34(23)35-36-27-13-5-8-16-30(27)39-35)26-18-17-22(20-31(26)38-32)37-28-14-6-3-11-24(28)25-12-4-7-15-29(25)37/h1-20H. The molecule has 0 aliphatic carbocycles. The maximum absolute atomic E-state index is 6.58. The van der Waals surface area contributed by atoms with Gasteiger partial charge in [-0.15, -0.1) is 0 Å². The van der Waals surface area contributed by atoms with E-state index in [1.807, 2.05) is 30.3 Å². The Hall–Kier alpha value is -5.35. The van der Waals surface area contributed by atoms with E-state index in [1.54, 1.807) is 0 Å². The molecule has 0 unspecified atom stereocenters. The Bertz CT molecular complexity index is 2320. The molecule has 0 N–H and O–H groups in total. The summed E-state index contributed by atoms with van der Waals surface area (Å²) in [5.41, 5.74) is 7.64. The molecule has 39 heavy (non-hydrogen) atoms. The van der Waals surface area contributed by atoms with Crippen LogP contribution in [0.3, 0.4) is 0 Å². The normalized spacial score (nSPS) is 12.1. The lowest BCUT2D eigenvalue weighted by Crippen LogP contribution is -1.93. The van der Waals surface area contributed by atoms with Gasteiger partial charge in [-0.3, -0.25) is 0 Å². The molecule has 4 heteroatoms. The van der Waals surface area contributed by atoms with Gasteiger partial charge in [-0.25, -0.2) is 4.98 Å². The Morgan fingerprint density at radius 3 is 2.00 bits per heavy atom. The van der Waals surface area contributed by atoms with Gasteiger partial charge in [-0.1, -0.05) is 72.8 Å². The summed E-state index contributed by atoms with van der Waals surface area (Å²) in [5, 5.41) is 6.71. The molecule has 0 radical (unpaired) electrons. The van der Waals surface area contributed by atoms with Crippen LogP contribution in [-0.2, 0) is 0 Å². The largest absolute Gasteiger partial charge is 0.456 e. The Balaban J connectivity index is 1.37. The summed E-state index contributed by atoms with van der Waals surface area (Å²) in [6.45, 7) is 0. The quantitative estimate of drug-likeness (QED) is 0.237. The first-order chi connectivity index (χ1) is 19.3. The van der Waals surface area contributed by atoms with Crippen LogP contribution in [0.25, 0.3) is 82.8 Å². The van der Waals surface area contributed by atoms with E-state index in [0.29, 0.717) is 5.89 Å². The topological polar surface area (TPSA) is 44.1 Å². The Kier molecular flexibility index (Phi) is 4.02. The number of para-hydroxylation sites is 4. The lowest BCUT2D eigenvalue weighted by atomic mass is 9.98. The molecule has 3 heterocycles. The monoisotopic (exact) mass is 500 g/mol. The highest BCUT2D eigenvalue weighted by molar-refractivity contribution is 6.20. The molecule has 9 rings (SSSR count). The highest BCUT2D eigenvalue weighted by Crippen LogP contribution is 2.43. The molecule has 0 saturated carbocycles. The van der Waals surface area contributed by atoms with Gasteiger partial charge < -0.3 is 13.4 Å². The number of hydrogen-bond acceptors (Lipinski definition) is 3. The smallest absolute Gasteiger partial charge is 0.228 e. The van der Waals surface area contributed by atoms with Crippen molar-refractivity contribution in [1.82, 2.24) is 9.55 Å². The van der Waals surface area contributed by atoms with Crippen LogP contribution in [0.15, 0.2) is 130 Å². The first kappa shape index (κ1) is 20.7. The van der Waals surface area contributed by atoms with E-state index in [4.69, 9.17) is 13.8 Å². The number of benzene rings is 6. The average Bonchev–Trinajstić information content (AvgIpc) is 3.67. The van der Waals surface area contributed by atoms with Crippen LogP contribution >= 0.6 is 0 Å². The molecule has 0 aliphatic heterocycles. The van der Waals surface area contributed by atoms with Crippen LogP contribution in [0.1, 0.15) is 0 Å². The molecule has 9 aromatic rings. The molecule has 0 spiro atoms. The van der Waals surface area contributed by atoms with Crippen molar-refractivity contribution >= 4 is 65.6 Å². The van der Waals surface area contributed by atoms with Crippen LogP contribution in [0, 0.1) is 0 Å². The van der Waals surface area contributed by atoms with Crippen molar-refractivity contribution in [3.63, 3.8) is 0 Å². The zero-order valence-electron chi connectivity index (χ0n) is 20.8. The van der Waals surface area contributed by atoms with Gasteiger partial charge in [0.05, 0.1) is 16.6 Å². The zero-order valence-corrected chi connectivity index (χ0v) is 20.8. The van der Waals surface area contributed by atoms with Gasteiger partial charge in [0.15, 0.2) is 5.58 Å². The van der Waals surface area contributed by atoms with E-state index in [9.17, 15) is 0 Å². The average molecular weight is 501 g/mol. The van der Waals surface area contributed by atoms with Crippen molar-refractivity contribution in [1.29, 1.82) is 0 Å². The second-order valence-electron chi connectivity index (χ2n) is 9.98. The third-order valence-electron chi connectivity index (χ3n) is 7.81. The summed E-state index contributed by atoms with van der Waals surface area (Å²) in [6.07, 6.45) is 0. The zero-order chi connectivity index (χ0) is 25.5. The minimum absolute atomic E-state index is 0.604. The summed E-state index contributed by atoms with van der Waals surface area (Å²) in [5.74, 6) is 0.604. The molecule has 0 atom stereocenters. The van der Waals surface area contributed by atoms with Crippen LogP contribution < -0.4 is 0 Å². The first-order valence-corrected chi connectivity index (χ1v) is 13.1. The van der Waals surface area contributed by atoms with Gasteiger partial charge in [-0.05, 0) is 53.2 Å². The molecule has 0 bridgehead atoms. The van der Waals surface area contributed by atoms with E-state index in [1.165, 1.54) is 21.8 Å². The highest BCUT2D eigenvalue weighted by atomic mass is 16.3. The summed E-state index contributed by atoms with van der Waals surface area (Å²) >= 11 is 0. The van der Waals surface area contributed by atoms with Gasteiger partial charge in [-0.2, -0.15) is 0 Å². The van der Waals surface area contributed by atoms with Gasteiger partial charge in [0.2, 0.25) is 5.89 Å². The lowest BCUT2D eigenvalue weighted by Gasteiger charge is -2.08. The summed E-state index contributed by atoms with van der Waals surface area (Å²) < 4.78 is 15.2. The van der Waals surface area contributed by atoms with E-state index >= 15 is 0 Å². The van der Waals surface area contributed by atoms with Gasteiger partial charge >= 0.3 is 0 Å². The maximum Gasteiger partial charge on any atom is 0.228 e. The van der Waals surface area contributed by atoms with Crippen molar-refractivity contribution in [2.45, 2.75) is 0 Å². The van der Waals surface area contributed by atoms with E-state index in [-0.39, 0.29) is 0 Å². The number of furan rings is 1. The molecule has 182 valence electrons.